The Bertz CT molecular complexity index is 538. The highest BCUT2D eigenvalue weighted by Crippen LogP contribution is 2.41. The Hall–Kier alpha value is -2.17. The minimum atomic E-state index is -0.511. The van der Waals surface area contributed by atoms with Gasteiger partial charge in [0.2, 0.25) is 0 Å². The molecule has 0 amide bonds. The minimum Gasteiger partial charge on any atom is -0.462 e. The minimum absolute atomic E-state index is 0.159. The molecule has 104 valence electrons. The van der Waals surface area contributed by atoms with Gasteiger partial charge in [-0.15, -0.1) is 0 Å². The fourth-order valence-electron chi connectivity index (χ4n) is 2.99. The summed E-state index contributed by atoms with van der Waals surface area (Å²) in [6, 6.07) is 8.63. The molecule has 0 spiro atoms. The van der Waals surface area contributed by atoms with Crippen LogP contribution in [0.5, 0.6) is 0 Å². The standard InChI is InChI=1S/C15H14O5/c16-8-11-10-6-14(17)19-12(10)7-13(11)20-15(18)9-4-2-1-3-5-9/h1-5,8,10-13H,6-7H2/t10?,11-,12?,13-/m1/s1. The Morgan fingerprint density at radius 2 is 2.05 bits per heavy atom. The van der Waals surface area contributed by atoms with Crippen LogP contribution in [0.4, 0.5) is 0 Å². The van der Waals surface area contributed by atoms with Crippen molar-refractivity contribution in [3.05, 3.63) is 35.9 Å². The average molecular weight is 274 g/mol. The van der Waals surface area contributed by atoms with Gasteiger partial charge < -0.3 is 14.3 Å². The maximum Gasteiger partial charge on any atom is 0.338 e. The summed E-state index contributed by atoms with van der Waals surface area (Å²) >= 11 is 0. The van der Waals surface area contributed by atoms with Crippen molar-refractivity contribution in [3.63, 3.8) is 0 Å². The largest absolute Gasteiger partial charge is 0.462 e. The lowest BCUT2D eigenvalue weighted by Crippen LogP contribution is -2.27. The number of benzene rings is 1. The quantitative estimate of drug-likeness (QED) is 0.615. The topological polar surface area (TPSA) is 69.7 Å². The molecule has 1 aliphatic carbocycles. The number of carbonyl (C=O) groups excluding carboxylic acids is 3. The number of aldehydes is 1. The third kappa shape index (κ3) is 2.19. The van der Waals surface area contributed by atoms with Crippen molar-refractivity contribution in [1.29, 1.82) is 0 Å². The molecule has 0 radical (unpaired) electrons. The number of fused-ring (bicyclic) bond motifs is 1. The zero-order valence-corrected chi connectivity index (χ0v) is 10.7. The highest BCUT2D eigenvalue weighted by atomic mass is 16.6. The first kappa shape index (κ1) is 12.8. The van der Waals surface area contributed by atoms with Crippen molar-refractivity contribution in [2.45, 2.75) is 25.0 Å². The molecular formula is C15H14O5. The van der Waals surface area contributed by atoms with Gasteiger partial charge in [0.05, 0.1) is 17.9 Å². The molecule has 1 heterocycles. The summed E-state index contributed by atoms with van der Waals surface area (Å²) in [5.74, 6) is -1.35. The van der Waals surface area contributed by atoms with Crippen molar-refractivity contribution in [2.24, 2.45) is 11.8 Å². The molecule has 5 nitrogen and oxygen atoms in total. The molecule has 1 aromatic rings. The van der Waals surface area contributed by atoms with Crippen LogP contribution in [0.2, 0.25) is 0 Å². The maximum absolute atomic E-state index is 12.0. The van der Waals surface area contributed by atoms with E-state index in [0.29, 0.717) is 12.0 Å². The number of hydrogen-bond acceptors (Lipinski definition) is 5. The maximum atomic E-state index is 12.0. The first-order valence-electron chi connectivity index (χ1n) is 6.60. The van der Waals surface area contributed by atoms with E-state index >= 15 is 0 Å². The van der Waals surface area contributed by atoms with Crippen LogP contribution in [-0.2, 0) is 19.1 Å². The fraction of sp³-hybridized carbons (Fsp3) is 0.400. The summed E-state index contributed by atoms with van der Waals surface area (Å²) in [6.45, 7) is 0. The van der Waals surface area contributed by atoms with Gasteiger partial charge in [0, 0.05) is 12.3 Å². The summed E-state index contributed by atoms with van der Waals surface area (Å²) in [6.07, 6.45) is 0.594. The van der Waals surface area contributed by atoms with Gasteiger partial charge in [-0.2, -0.15) is 0 Å². The second kappa shape index (κ2) is 5.07. The second-order valence-corrected chi connectivity index (χ2v) is 5.16. The Morgan fingerprint density at radius 1 is 1.30 bits per heavy atom. The molecule has 2 aliphatic rings. The van der Waals surface area contributed by atoms with E-state index in [1.807, 2.05) is 6.07 Å². The first-order valence-corrected chi connectivity index (χ1v) is 6.60. The Kier molecular flexibility index (Phi) is 3.26. The van der Waals surface area contributed by atoms with Crippen molar-refractivity contribution in [3.8, 4) is 0 Å². The van der Waals surface area contributed by atoms with E-state index in [1.54, 1.807) is 24.3 Å². The molecule has 4 atom stereocenters. The molecule has 20 heavy (non-hydrogen) atoms. The summed E-state index contributed by atoms with van der Waals surface area (Å²) in [7, 11) is 0. The monoisotopic (exact) mass is 274 g/mol. The molecule has 5 heteroatoms. The van der Waals surface area contributed by atoms with Gasteiger partial charge in [-0.1, -0.05) is 18.2 Å². The van der Waals surface area contributed by atoms with E-state index in [0.717, 1.165) is 6.29 Å². The highest BCUT2D eigenvalue weighted by Gasteiger charge is 2.51. The summed E-state index contributed by atoms with van der Waals surface area (Å²) in [5, 5.41) is 0. The molecule has 2 unspecified atom stereocenters. The summed E-state index contributed by atoms with van der Waals surface area (Å²) < 4.78 is 10.6. The van der Waals surface area contributed by atoms with Gasteiger partial charge in [0.25, 0.3) is 0 Å². The molecule has 0 N–H and O–H groups in total. The predicted octanol–water partition coefficient (Wildman–Crippen LogP) is 1.36. The van der Waals surface area contributed by atoms with Gasteiger partial charge >= 0.3 is 11.9 Å². The van der Waals surface area contributed by atoms with Crippen LogP contribution in [0, 0.1) is 11.8 Å². The second-order valence-electron chi connectivity index (χ2n) is 5.16. The van der Waals surface area contributed by atoms with Crippen molar-refractivity contribution >= 4 is 18.2 Å². The number of hydrogen-bond donors (Lipinski definition) is 0. The van der Waals surface area contributed by atoms with Gasteiger partial charge in [-0.3, -0.25) is 4.79 Å². The van der Waals surface area contributed by atoms with E-state index in [2.05, 4.69) is 0 Å². The Labute approximate surface area is 115 Å². The zero-order valence-electron chi connectivity index (χ0n) is 10.7. The highest BCUT2D eigenvalue weighted by molar-refractivity contribution is 5.89. The number of carbonyl (C=O) groups is 3. The van der Waals surface area contributed by atoms with Crippen molar-refractivity contribution in [1.82, 2.24) is 0 Å². The molecule has 2 fully saturated rings. The molecule has 0 bridgehead atoms. The molecular weight excluding hydrogens is 260 g/mol. The normalized spacial score (nSPS) is 31.5. The van der Waals surface area contributed by atoms with Crippen molar-refractivity contribution in [2.75, 3.05) is 0 Å². The number of esters is 2. The van der Waals surface area contributed by atoms with Gasteiger partial charge in [0.15, 0.2) is 0 Å². The van der Waals surface area contributed by atoms with Crippen LogP contribution in [0.3, 0.4) is 0 Å². The third-order valence-corrected chi connectivity index (χ3v) is 3.98. The lowest BCUT2D eigenvalue weighted by atomic mass is 9.93. The van der Waals surface area contributed by atoms with Gasteiger partial charge in [-0.05, 0) is 12.1 Å². The summed E-state index contributed by atoms with van der Waals surface area (Å²) in [4.78, 5) is 34.4. The number of ether oxygens (including phenoxy) is 2. The summed E-state index contributed by atoms with van der Waals surface area (Å²) in [5.41, 5.74) is 0.450. The Morgan fingerprint density at radius 3 is 2.75 bits per heavy atom. The van der Waals surface area contributed by atoms with E-state index in [4.69, 9.17) is 9.47 Å². The molecule has 1 saturated carbocycles. The lowest BCUT2D eigenvalue weighted by Gasteiger charge is -2.17. The molecule has 0 aromatic heterocycles. The fourth-order valence-corrected chi connectivity index (χ4v) is 2.99. The van der Waals surface area contributed by atoms with E-state index in [-0.39, 0.29) is 24.4 Å². The average Bonchev–Trinajstić information content (AvgIpc) is 2.95. The first-order chi connectivity index (χ1) is 9.69. The van der Waals surface area contributed by atoms with Crippen LogP contribution in [0.25, 0.3) is 0 Å². The SMILES string of the molecule is O=C[C@@H]1C2CC(=O)OC2C[C@H]1OC(=O)c1ccccc1. The zero-order chi connectivity index (χ0) is 14.1. The predicted molar refractivity (Wildman–Crippen MR) is 67.8 cm³/mol. The van der Waals surface area contributed by atoms with Gasteiger partial charge in [-0.25, -0.2) is 4.79 Å². The molecule has 3 rings (SSSR count). The van der Waals surface area contributed by atoms with Crippen LogP contribution in [0.15, 0.2) is 30.3 Å². The molecule has 1 aromatic carbocycles. The van der Waals surface area contributed by atoms with E-state index in [9.17, 15) is 14.4 Å². The van der Waals surface area contributed by atoms with E-state index < -0.39 is 18.0 Å². The van der Waals surface area contributed by atoms with E-state index in [1.165, 1.54) is 0 Å². The van der Waals surface area contributed by atoms with Crippen LogP contribution in [0.1, 0.15) is 23.2 Å². The number of rotatable bonds is 3. The van der Waals surface area contributed by atoms with Crippen LogP contribution in [-0.4, -0.2) is 30.4 Å². The van der Waals surface area contributed by atoms with Crippen LogP contribution >= 0.6 is 0 Å². The van der Waals surface area contributed by atoms with Crippen molar-refractivity contribution < 1.29 is 23.9 Å². The molecule has 1 aliphatic heterocycles. The third-order valence-electron chi connectivity index (χ3n) is 3.98. The smallest absolute Gasteiger partial charge is 0.338 e. The Balaban J connectivity index is 1.71. The lowest BCUT2D eigenvalue weighted by molar-refractivity contribution is -0.141. The molecule has 1 saturated heterocycles. The van der Waals surface area contributed by atoms with Gasteiger partial charge in [0.1, 0.15) is 18.5 Å². The van der Waals surface area contributed by atoms with Crippen LogP contribution < -0.4 is 0 Å².